The molecule has 1 N–H and O–H groups in total. The maximum atomic E-state index is 13.3. The number of benzene rings is 2. The summed E-state index contributed by atoms with van der Waals surface area (Å²) < 4.78 is 31.3. The van der Waals surface area contributed by atoms with Crippen molar-refractivity contribution in [1.82, 2.24) is 10.2 Å². The summed E-state index contributed by atoms with van der Waals surface area (Å²) in [5.74, 6) is 0.507. The molecule has 8 nitrogen and oxygen atoms in total. The van der Waals surface area contributed by atoms with Crippen LogP contribution in [-0.2, 0) is 26.2 Å². The van der Waals surface area contributed by atoms with Gasteiger partial charge >= 0.3 is 0 Å². The third-order valence-electron chi connectivity index (χ3n) is 5.84. The first-order valence-corrected chi connectivity index (χ1v) is 14.0. The summed E-state index contributed by atoms with van der Waals surface area (Å²) in [7, 11) is -2.01. The first-order chi connectivity index (χ1) is 16.9. The van der Waals surface area contributed by atoms with Crippen LogP contribution in [0.2, 0.25) is 0 Å². The van der Waals surface area contributed by atoms with E-state index < -0.39 is 16.1 Å². The molecule has 0 unspecified atom stereocenters. The molecular weight excluding hydrogens is 478 g/mol. The molecule has 2 rings (SSSR count). The van der Waals surface area contributed by atoms with E-state index in [1.807, 2.05) is 45.0 Å². The van der Waals surface area contributed by atoms with Crippen LogP contribution < -0.4 is 14.4 Å². The lowest BCUT2D eigenvalue weighted by Gasteiger charge is -2.29. The lowest BCUT2D eigenvalue weighted by atomic mass is 10.1. The van der Waals surface area contributed by atoms with Crippen molar-refractivity contribution in [2.75, 3.05) is 30.8 Å². The number of hydrogen-bond donors (Lipinski definition) is 1. The zero-order valence-corrected chi connectivity index (χ0v) is 23.0. The summed E-state index contributed by atoms with van der Waals surface area (Å²) in [4.78, 5) is 27.7. The molecule has 2 amide bonds. The Morgan fingerprint density at radius 2 is 1.61 bits per heavy atom. The number of anilines is 1. The van der Waals surface area contributed by atoms with E-state index in [1.54, 1.807) is 43.2 Å². The number of methoxy groups -OCH3 is 1. The largest absolute Gasteiger partial charge is 0.497 e. The van der Waals surface area contributed by atoms with Crippen molar-refractivity contribution < 1.29 is 22.7 Å². The summed E-state index contributed by atoms with van der Waals surface area (Å²) in [6.45, 7) is 8.70. The summed E-state index contributed by atoms with van der Waals surface area (Å²) >= 11 is 0. The van der Waals surface area contributed by atoms with Crippen molar-refractivity contribution in [2.24, 2.45) is 5.92 Å². The molecule has 0 aromatic heterocycles. The maximum Gasteiger partial charge on any atom is 0.242 e. The van der Waals surface area contributed by atoms with Crippen LogP contribution in [0.5, 0.6) is 5.75 Å². The molecule has 36 heavy (non-hydrogen) atoms. The molecule has 2 aromatic carbocycles. The van der Waals surface area contributed by atoms with E-state index >= 15 is 0 Å². The Hall–Kier alpha value is -3.07. The first kappa shape index (κ1) is 29.2. The molecule has 0 saturated carbocycles. The number of nitrogens with one attached hydrogen (secondary N) is 1. The summed E-state index contributed by atoms with van der Waals surface area (Å²) in [6.07, 6.45) is 1.56. The zero-order valence-electron chi connectivity index (χ0n) is 22.2. The van der Waals surface area contributed by atoms with Gasteiger partial charge in [0, 0.05) is 26.1 Å². The molecule has 0 spiro atoms. The fourth-order valence-electron chi connectivity index (χ4n) is 3.68. The van der Waals surface area contributed by atoms with Crippen LogP contribution in [0.4, 0.5) is 5.69 Å². The van der Waals surface area contributed by atoms with Gasteiger partial charge in [0.05, 0.1) is 19.1 Å². The standard InChI is InChI=1S/C27H39N3O5S/c1-20(2)18-28-27(32)22(4)29(19-23-11-9-21(3)10-12-23)26(31)8-7-17-30(36(6,33)34)24-13-15-25(35-5)16-14-24/h9-16,20,22H,7-8,17-19H2,1-6H3,(H,28,32)/t22-/m0/s1. The highest BCUT2D eigenvalue weighted by atomic mass is 32.2. The zero-order chi connectivity index (χ0) is 26.9. The average molecular weight is 518 g/mol. The number of aryl methyl sites for hydroxylation is 1. The van der Waals surface area contributed by atoms with Gasteiger partial charge < -0.3 is 15.0 Å². The number of hydrogen-bond acceptors (Lipinski definition) is 5. The Morgan fingerprint density at radius 3 is 2.14 bits per heavy atom. The van der Waals surface area contributed by atoms with Crippen molar-refractivity contribution in [2.45, 2.75) is 53.1 Å². The van der Waals surface area contributed by atoms with E-state index in [4.69, 9.17) is 4.74 Å². The number of rotatable bonds is 13. The van der Waals surface area contributed by atoms with E-state index in [9.17, 15) is 18.0 Å². The predicted octanol–water partition coefficient (Wildman–Crippen LogP) is 3.74. The van der Waals surface area contributed by atoms with E-state index in [2.05, 4.69) is 5.32 Å². The van der Waals surface area contributed by atoms with E-state index in [0.717, 1.165) is 17.4 Å². The van der Waals surface area contributed by atoms with E-state index in [0.29, 0.717) is 36.9 Å². The first-order valence-electron chi connectivity index (χ1n) is 12.2. The Balaban J connectivity index is 2.14. The number of carbonyl (C=O) groups excluding carboxylic acids is 2. The molecule has 198 valence electrons. The Labute approximate surface area is 215 Å². The fraction of sp³-hybridized carbons (Fsp3) is 0.481. The third kappa shape index (κ3) is 8.86. The van der Waals surface area contributed by atoms with Gasteiger partial charge in [-0.1, -0.05) is 43.7 Å². The van der Waals surface area contributed by atoms with Gasteiger partial charge in [0.2, 0.25) is 21.8 Å². The molecule has 1 atom stereocenters. The Kier molecular flexibility index (Phi) is 10.8. The lowest BCUT2D eigenvalue weighted by molar-refractivity contribution is -0.140. The number of sulfonamides is 1. The third-order valence-corrected chi connectivity index (χ3v) is 7.03. The molecule has 0 aliphatic carbocycles. The molecule has 0 saturated heterocycles. The highest BCUT2D eigenvalue weighted by Gasteiger charge is 2.26. The Bertz CT molecular complexity index is 1100. The van der Waals surface area contributed by atoms with Crippen LogP contribution in [0.3, 0.4) is 0 Å². The van der Waals surface area contributed by atoms with Crippen LogP contribution in [0.1, 0.15) is 44.7 Å². The summed E-state index contributed by atoms with van der Waals surface area (Å²) in [5.41, 5.74) is 2.54. The number of nitrogens with zero attached hydrogens (tertiary/aromatic N) is 2. The van der Waals surface area contributed by atoms with E-state index in [1.165, 1.54) is 4.31 Å². The van der Waals surface area contributed by atoms with Gasteiger partial charge in [-0.2, -0.15) is 0 Å². The second-order valence-corrected chi connectivity index (χ2v) is 11.4. The van der Waals surface area contributed by atoms with Crippen LogP contribution in [0.25, 0.3) is 0 Å². The van der Waals surface area contributed by atoms with Gasteiger partial charge in [0.25, 0.3) is 0 Å². The minimum absolute atomic E-state index is 0.107. The fourth-order valence-corrected chi connectivity index (χ4v) is 4.64. The number of amides is 2. The SMILES string of the molecule is COc1ccc(N(CCCC(=O)N(Cc2ccc(C)cc2)[C@@H](C)C(=O)NCC(C)C)S(C)(=O)=O)cc1. The molecule has 0 bridgehead atoms. The van der Waals surface area contributed by atoms with Gasteiger partial charge in [0.1, 0.15) is 11.8 Å². The van der Waals surface area contributed by atoms with Crippen molar-refractivity contribution in [3.05, 3.63) is 59.7 Å². The highest BCUT2D eigenvalue weighted by molar-refractivity contribution is 7.92. The lowest BCUT2D eigenvalue weighted by Crippen LogP contribution is -2.48. The predicted molar refractivity (Wildman–Crippen MR) is 143 cm³/mol. The second kappa shape index (κ2) is 13.3. The molecular formula is C27H39N3O5S. The van der Waals surface area contributed by atoms with Gasteiger partial charge in [-0.25, -0.2) is 8.42 Å². The van der Waals surface area contributed by atoms with Crippen LogP contribution in [0.15, 0.2) is 48.5 Å². The van der Waals surface area contributed by atoms with Gasteiger partial charge in [-0.15, -0.1) is 0 Å². The molecule has 9 heteroatoms. The van der Waals surface area contributed by atoms with Gasteiger partial charge in [0.15, 0.2) is 0 Å². The number of ether oxygens (including phenoxy) is 1. The second-order valence-electron chi connectivity index (χ2n) is 9.46. The van der Waals surface area contributed by atoms with Crippen LogP contribution in [0, 0.1) is 12.8 Å². The van der Waals surface area contributed by atoms with Crippen molar-refractivity contribution in [1.29, 1.82) is 0 Å². The monoisotopic (exact) mass is 517 g/mol. The van der Waals surface area contributed by atoms with Gasteiger partial charge in [-0.05, 0) is 56.0 Å². The topological polar surface area (TPSA) is 96.0 Å². The van der Waals surface area contributed by atoms with Crippen LogP contribution in [-0.4, -0.2) is 57.6 Å². The molecule has 2 aromatic rings. The smallest absolute Gasteiger partial charge is 0.242 e. The van der Waals surface area contributed by atoms with Gasteiger partial charge in [-0.3, -0.25) is 13.9 Å². The molecule has 0 heterocycles. The average Bonchev–Trinajstić information content (AvgIpc) is 2.83. The minimum atomic E-state index is -3.55. The minimum Gasteiger partial charge on any atom is -0.497 e. The highest BCUT2D eigenvalue weighted by Crippen LogP contribution is 2.22. The van der Waals surface area contributed by atoms with Crippen molar-refractivity contribution >= 4 is 27.5 Å². The molecule has 0 radical (unpaired) electrons. The van der Waals surface area contributed by atoms with E-state index in [-0.39, 0.29) is 24.8 Å². The van der Waals surface area contributed by atoms with Crippen molar-refractivity contribution in [3.63, 3.8) is 0 Å². The molecule has 0 fully saturated rings. The number of carbonyl (C=O) groups is 2. The summed E-state index contributed by atoms with van der Waals surface area (Å²) in [6, 6.07) is 13.9. The molecule has 0 aliphatic heterocycles. The Morgan fingerprint density at radius 1 is 1.00 bits per heavy atom. The summed E-state index contributed by atoms with van der Waals surface area (Å²) in [5, 5.41) is 2.91. The molecule has 0 aliphatic rings. The van der Waals surface area contributed by atoms with Crippen molar-refractivity contribution in [3.8, 4) is 5.75 Å². The maximum absolute atomic E-state index is 13.3. The van der Waals surface area contributed by atoms with Crippen LogP contribution >= 0.6 is 0 Å². The normalized spacial score (nSPS) is 12.2. The quantitative estimate of drug-likeness (QED) is 0.437.